The molecule has 1 amide bonds. The summed E-state index contributed by atoms with van der Waals surface area (Å²) in [6, 6.07) is 0.674. The first-order chi connectivity index (χ1) is 10.4. The fourth-order valence-electron chi connectivity index (χ4n) is 3.98. The Hall–Kier alpha value is -0.650. The second-order valence-corrected chi connectivity index (χ2v) is 7.19. The van der Waals surface area contributed by atoms with Crippen LogP contribution in [-0.2, 0) is 9.53 Å². The van der Waals surface area contributed by atoms with E-state index in [1.807, 2.05) is 4.90 Å². The molecule has 0 bridgehead atoms. The normalized spacial score (nSPS) is 29.5. The van der Waals surface area contributed by atoms with Crippen molar-refractivity contribution in [3.8, 4) is 0 Å². The number of amides is 1. The van der Waals surface area contributed by atoms with E-state index in [4.69, 9.17) is 4.74 Å². The molecule has 5 heteroatoms. The third-order valence-electron chi connectivity index (χ3n) is 5.27. The van der Waals surface area contributed by atoms with Crippen LogP contribution in [0.2, 0.25) is 0 Å². The van der Waals surface area contributed by atoms with Crippen LogP contribution in [-0.4, -0.2) is 71.8 Å². The van der Waals surface area contributed by atoms with E-state index in [-0.39, 0.29) is 5.91 Å². The Kier molecular flexibility index (Phi) is 6.24. The van der Waals surface area contributed by atoms with Gasteiger partial charge in [0.05, 0.1) is 18.6 Å². The van der Waals surface area contributed by atoms with E-state index in [0.29, 0.717) is 18.5 Å². The van der Waals surface area contributed by atoms with Crippen molar-refractivity contribution in [3.63, 3.8) is 0 Å². The number of hydrogen-bond acceptors (Lipinski definition) is 4. The Bertz CT molecular complexity index is 357. The van der Waals surface area contributed by atoms with Crippen LogP contribution >= 0.6 is 0 Å². The molecule has 0 aromatic carbocycles. The van der Waals surface area contributed by atoms with Crippen LogP contribution in [0.5, 0.6) is 0 Å². The summed E-state index contributed by atoms with van der Waals surface area (Å²) < 4.78 is 5.17. The van der Waals surface area contributed by atoms with Crippen molar-refractivity contribution in [2.75, 3.05) is 33.4 Å². The zero-order valence-electron chi connectivity index (χ0n) is 14.4. The van der Waals surface area contributed by atoms with Crippen LogP contribution < -0.4 is 0 Å². The molecule has 1 saturated heterocycles. The number of aliphatic hydroxyl groups is 1. The fraction of sp³-hybridized carbons (Fsp3) is 0.941. The number of nitrogens with zero attached hydrogens (tertiary/aromatic N) is 2. The molecule has 2 rings (SSSR count). The maximum atomic E-state index is 12.6. The second kappa shape index (κ2) is 7.75. The van der Waals surface area contributed by atoms with Crippen molar-refractivity contribution in [3.05, 3.63) is 0 Å². The average molecular weight is 312 g/mol. The quantitative estimate of drug-likeness (QED) is 0.838. The van der Waals surface area contributed by atoms with Crippen LogP contribution in [0, 0.1) is 0 Å². The zero-order valence-corrected chi connectivity index (χ0v) is 14.4. The monoisotopic (exact) mass is 312 g/mol. The molecule has 1 saturated carbocycles. The summed E-state index contributed by atoms with van der Waals surface area (Å²) in [5.74, 6) is 0.120. The number of methoxy groups -OCH3 is 1. The van der Waals surface area contributed by atoms with Gasteiger partial charge in [-0.3, -0.25) is 9.69 Å². The molecule has 0 aromatic rings. The summed E-state index contributed by atoms with van der Waals surface area (Å²) in [4.78, 5) is 17.0. The van der Waals surface area contributed by atoms with Crippen LogP contribution in [0.15, 0.2) is 0 Å². The van der Waals surface area contributed by atoms with E-state index >= 15 is 0 Å². The van der Waals surface area contributed by atoms with E-state index in [1.165, 1.54) is 6.42 Å². The summed E-state index contributed by atoms with van der Waals surface area (Å²) in [7, 11) is 1.72. The van der Waals surface area contributed by atoms with Gasteiger partial charge in [-0.25, -0.2) is 0 Å². The highest BCUT2D eigenvalue weighted by Gasteiger charge is 2.36. The lowest BCUT2D eigenvalue weighted by Gasteiger charge is -2.45. The molecule has 0 radical (unpaired) electrons. The highest BCUT2D eigenvalue weighted by molar-refractivity contribution is 5.77. The SMILES string of the molecule is COCCN1C(C)CN(C(=O)CC2(O)CCCCC2)CC1C. The van der Waals surface area contributed by atoms with Crippen molar-refractivity contribution in [2.24, 2.45) is 0 Å². The smallest absolute Gasteiger partial charge is 0.225 e. The van der Waals surface area contributed by atoms with Crippen molar-refractivity contribution in [1.29, 1.82) is 0 Å². The molecule has 5 nitrogen and oxygen atoms in total. The van der Waals surface area contributed by atoms with Crippen molar-refractivity contribution in [2.45, 2.75) is 70.1 Å². The number of hydrogen-bond donors (Lipinski definition) is 1. The van der Waals surface area contributed by atoms with E-state index in [9.17, 15) is 9.90 Å². The lowest BCUT2D eigenvalue weighted by molar-refractivity contribution is -0.142. The third kappa shape index (κ3) is 4.43. The van der Waals surface area contributed by atoms with Gasteiger partial charge in [0.15, 0.2) is 0 Å². The molecule has 2 fully saturated rings. The predicted molar refractivity (Wildman–Crippen MR) is 86.7 cm³/mol. The number of carbonyl (C=O) groups excluding carboxylic acids is 1. The third-order valence-corrected chi connectivity index (χ3v) is 5.27. The maximum Gasteiger partial charge on any atom is 0.225 e. The standard InChI is InChI=1S/C17H32N2O3/c1-14-12-18(13-15(2)19(14)9-10-22-3)16(20)11-17(21)7-5-4-6-8-17/h14-15,21H,4-13H2,1-3H3. The van der Waals surface area contributed by atoms with Gasteiger partial charge in [0.2, 0.25) is 5.91 Å². The topological polar surface area (TPSA) is 53.0 Å². The molecule has 2 atom stereocenters. The first-order valence-corrected chi connectivity index (χ1v) is 8.70. The molecule has 1 aliphatic carbocycles. The van der Waals surface area contributed by atoms with E-state index in [2.05, 4.69) is 18.7 Å². The van der Waals surface area contributed by atoms with Gasteiger partial charge in [-0.05, 0) is 26.7 Å². The van der Waals surface area contributed by atoms with Gasteiger partial charge in [-0.1, -0.05) is 19.3 Å². The summed E-state index contributed by atoms with van der Waals surface area (Å²) in [5.41, 5.74) is -0.755. The Morgan fingerprint density at radius 2 is 1.77 bits per heavy atom. The second-order valence-electron chi connectivity index (χ2n) is 7.19. The molecule has 128 valence electrons. The number of rotatable bonds is 5. The van der Waals surface area contributed by atoms with Crippen LogP contribution in [0.1, 0.15) is 52.4 Å². The minimum atomic E-state index is -0.755. The first kappa shape index (κ1) is 17.7. The van der Waals surface area contributed by atoms with Crippen molar-refractivity contribution < 1.29 is 14.6 Å². The predicted octanol–water partition coefficient (Wildman–Crippen LogP) is 1.64. The van der Waals surface area contributed by atoms with E-state index in [0.717, 1.165) is 51.9 Å². The van der Waals surface area contributed by atoms with E-state index < -0.39 is 5.60 Å². The molecule has 1 heterocycles. The highest BCUT2D eigenvalue weighted by atomic mass is 16.5. The first-order valence-electron chi connectivity index (χ1n) is 8.70. The van der Waals surface area contributed by atoms with Crippen LogP contribution in [0.3, 0.4) is 0 Å². The van der Waals surface area contributed by atoms with E-state index in [1.54, 1.807) is 7.11 Å². The van der Waals surface area contributed by atoms with Gasteiger partial charge in [0, 0.05) is 38.8 Å². The molecule has 2 unspecified atom stereocenters. The minimum Gasteiger partial charge on any atom is -0.389 e. The molecule has 2 aliphatic rings. The Morgan fingerprint density at radius 1 is 1.18 bits per heavy atom. The lowest BCUT2D eigenvalue weighted by Crippen LogP contribution is -2.59. The molecule has 0 aromatic heterocycles. The average Bonchev–Trinajstić information content (AvgIpc) is 2.46. The van der Waals surface area contributed by atoms with Gasteiger partial charge < -0.3 is 14.7 Å². The molecule has 1 N–H and O–H groups in total. The summed E-state index contributed by atoms with van der Waals surface area (Å²) in [6.45, 7) is 7.47. The van der Waals surface area contributed by atoms with Gasteiger partial charge in [-0.2, -0.15) is 0 Å². The van der Waals surface area contributed by atoms with Crippen LogP contribution in [0.25, 0.3) is 0 Å². The van der Waals surface area contributed by atoms with Crippen molar-refractivity contribution >= 4 is 5.91 Å². The number of piperazine rings is 1. The minimum absolute atomic E-state index is 0.120. The summed E-state index contributed by atoms with van der Waals surface area (Å²) in [5, 5.41) is 10.6. The Morgan fingerprint density at radius 3 is 2.32 bits per heavy atom. The number of ether oxygens (including phenoxy) is 1. The van der Waals surface area contributed by atoms with Gasteiger partial charge in [0.1, 0.15) is 0 Å². The maximum absolute atomic E-state index is 12.6. The van der Waals surface area contributed by atoms with Crippen LogP contribution in [0.4, 0.5) is 0 Å². The summed E-state index contributed by atoms with van der Waals surface area (Å²) >= 11 is 0. The summed E-state index contributed by atoms with van der Waals surface area (Å²) in [6.07, 6.45) is 5.12. The highest BCUT2D eigenvalue weighted by Crippen LogP contribution is 2.31. The zero-order chi connectivity index (χ0) is 16.2. The van der Waals surface area contributed by atoms with Gasteiger partial charge in [0.25, 0.3) is 0 Å². The van der Waals surface area contributed by atoms with Gasteiger partial charge in [-0.15, -0.1) is 0 Å². The fourth-order valence-corrected chi connectivity index (χ4v) is 3.98. The Balaban J connectivity index is 1.89. The van der Waals surface area contributed by atoms with Crippen molar-refractivity contribution in [1.82, 2.24) is 9.80 Å². The molecule has 22 heavy (non-hydrogen) atoms. The largest absolute Gasteiger partial charge is 0.389 e. The molecule has 0 spiro atoms. The molecular weight excluding hydrogens is 280 g/mol. The van der Waals surface area contributed by atoms with Gasteiger partial charge >= 0.3 is 0 Å². The Labute approximate surface area is 134 Å². The lowest BCUT2D eigenvalue weighted by atomic mass is 9.82. The molecule has 1 aliphatic heterocycles. The number of carbonyl (C=O) groups is 1. The molecular formula is C17H32N2O3.